The van der Waals surface area contributed by atoms with E-state index in [0.717, 1.165) is 55.5 Å². The van der Waals surface area contributed by atoms with E-state index in [9.17, 15) is 4.39 Å². The fraction of sp³-hybridized carbons (Fsp3) is 0.400. The monoisotopic (exact) mass is 440 g/mol. The van der Waals surface area contributed by atoms with Gasteiger partial charge in [0.2, 0.25) is 0 Å². The lowest BCUT2D eigenvalue weighted by Gasteiger charge is -2.31. The third-order valence-corrected chi connectivity index (χ3v) is 6.04. The van der Waals surface area contributed by atoms with Crippen LogP contribution in [0.25, 0.3) is 16.7 Å². The number of hydrogen-bond donors (Lipinski definition) is 0. The molecule has 1 aliphatic heterocycles. The number of nitrogens with zero attached hydrogens (tertiary/aromatic N) is 2. The standard InChI is InChI=1S/C25H29FN2O4/c1-17(29-2)19-5-8-22(24(15-19)30-3)31-14-4-11-28-12-9-18(10-13-28)25-21-7-6-20(26)16-23(21)32-27-25/h5-8,15-16,18H,1,4,9-14H2,2-3H3. The number of fused-ring (bicyclic) bond motifs is 1. The first-order valence-electron chi connectivity index (χ1n) is 10.9. The zero-order valence-electron chi connectivity index (χ0n) is 18.6. The highest BCUT2D eigenvalue weighted by Crippen LogP contribution is 2.33. The summed E-state index contributed by atoms with van der Waals surface area (Å²) in [5.74, 6) is 2.02. The molecule has 1 aliphatic rings. The largest absolute Gasteiger partial charge is 0.497 e. The third-order valence-electron chi connectivity index (χ3n) is 6.04. The van der Waals surface area contributed by atoms with Gasteiger partial charge < -0.3 is 23.6 Å². The van der Waals surface area contributed by atoms with Gasteiger partial charge in [-0.25, -0.2) is 4.39 Å². The molecule has 170 valence electrons. The fourth-order valence-corrected chi connectivity index (χ4v) is 4.20. The molecule has 0 saturated carbocycles. The van der Waals surface area contributed by atoms with Gasteiger partial charge in [0.1, 0.15) is 11.6 Å². The summed E-state index contributed by atoms with van der Waals surface area (Å²) >= 11 is 0. The fourth-order valence-electron chi connectivity index (χ4n) is 4.20. The second-order valence-electron chi connectivity index (χ2n) is 8.02. The van der Waals surface area contributed by atoms with Gasteiger partial charge >= 0.3 is 0 Å². The number of piperidine rings is 1. The van der Waals surface area contributed by atoms with Crippen molar-refractivity contribution in [2.75, 3.05) is 40.5 Å². The highest BCUT2D eigenvalue weighted by Gasteiger charge is 2.25. The van der Waals surface area contributed by atoms with Gasteiger partial charge in [-0.15, -0.1) is 0 Å². The maximum atomic E-state index is 13.4. The minimum Gasteiger partial charge on any atom is -0.497 e. The first-order chi connectivity index (χ1) is 15.6. The number of rotatable bonds is 9. The zero-order chi connectivity index (χ0) is 22.5. The van der Waals surface area contributed by atoms with E-state index >= 15 is 0 Å². The number of aromatic nitrogens is 1. The maximum absolute atomic E-state index is 13.4. The van der Waals surface area contributed by atoms with Crippen molar-refractivity contribution in [2.24, 2.45) is 0 Å². The Balaban J connectivity index is 1.24. The summed E-state index contributed by atoms with van der Waals surface area (Å²) in [7, 11) is 3.22. The third kappa shape index (κ3) is 4.88. The molecular weight excluding hydrogens is 411 g/mol. The zero-order valence-corrected chi connectivity index (χ0v) is 18.6. The Morgan fingerprint density at radius 1 is 1.16 bits per heavy atom. The van der Waals surface area contributed by atoms with Crippen LogP contribution in [0.4, 0.5) is 4.39 Å². The van der Waals surface area contributed by atoms with Crippen LogP contribution in [0.2, 0.25) is 0 Å². The van der Waals surface area contributed by atoms with Crippen molar-refractivity contribution in [3.8, 4) is 11.5 Å². The normalized spacial score (nSPS) is 15.1. The summed E-state index contributed by atoms with van der Waals surface area (Å²) in [6.07, 6.45) is 2.95. The number of halogens is 1. The molecule has 0 atom stereocenters. The van der Waals surface area contributed by atoms with Crippen LogP contribution in [0.5, 0.6) is 11.5 Å². The average Bonchev–Trinajstić information content (AvgIpc) is 3.24. The highest BCUT2D eigenvalue weighted by molar-refractivity contribution is 5.79. The van der Waals surface area contributed by atoms with Crippen molar-refractivity contribution in [2.45, 2.75) is 25.2 Å². The van der Waals surface area contributed by atoms with Crippen molar-refractivity contribution in [1.82, 2.24) is 10.1 Å². The Morgan fingerprint density at radius 2 is 1.97 bits per heavy atom. The molecule has 3 aromatic rings. The first kappa shape index (κ1) is 22.1. The van der Waals surface area contributed by atoms with Crippen molar-refractivity contribution < 1.29 is 23.1 Å². The second kappa shape index (κ2) is 10.0. The van der Waals surface area contributed by atoms with E-state index in [2.05, 4.69) is 16.6 Å². The van der Waals surface area contributed by atoms with Crippen molar-refractivity contribution >= 4 is 16.7 Å². The highest BCUT2D eigenvalue weighted by atomic mass is 19.1. The molecular formula is C25H29FN2O4. The molecule has 1 aromatic heterocycles. The lowest BCUT2D eigenvalue weighted by molar-refractivity contribution is 0.189. The molecule has 7 heteroatoms. The summed E-state index contributed by atoms with van der Waals surface area (Å²) in [5, 5.41) is 5.15. The van der Waals surface area contributed by atoms with E-state index in [-0.39, 0.29) is 5.82 Å². The van der Waals surface area contributed by atoms with Crippen molar-refractivity contribution in [3.63, 3.8) is 0 Å². The summed E-state index contributed by atoms with van der Waals surface area (Å²) in [6.45, 7) is 7.44. The average molecular weight is 441 g/mol. The van der Waals surface area contributed by atoms with E-state index < -0.39 is 0 Å². The number of hydrogen-bond acceptors (Lipinski definition) is 6. The van der Waals surface area contributed by atoms with E-state index in [0.29, 0.717) is 35.4 Å². The Labute approximate surface area is 187 Å². The molecule has 2 aromatic carbocycles. The molecule has 1 saturated heterocycles. The van der Waals surface area contributed by atoms with Crippen molar-refractivity contribution in [3.05, 3.63) is 60.1 Å². The van der Waals surface area contributed by atoms with Gasteiger partial charge in [0.05, 0.1) is 26.5 Å². The Morgan fingerprint density at radius 3 is 2.72 bits per heavy atom. The van der Waals surface area contributed by atoms with Gasteiger partial charge in [-0.1, -0.05) is 11.7 Å². The smallest absolute Gasteiger partial charge is 0.170 e. The summed E-state index contributed by atoms with van der Waals surface area (Å²) in [5.41, 5.74) is 2.34. The number of likely N-dealkylation sites (tertiary alicyclic amines) is 1. The predicted octanol–water partition coefficient (Wildman–Crippen LogP) is 5.24. The Hall–Kier alpha value is -3.06. The van der Waals surface area contributed by atoms with Crippen molar-refractivity contribution in [1.29, 1.82) is 0 Å². The summed E-state index contributed by atoms with van der Waals surface area (Å²) in [6, 6.07) is 10.3. The topological polar surface area (TPSA) is 57.0 Å². The van der Waals surface area contributed by atoms with Crippen LogP contribution in [0.15, 0.2) is 47.5 Å². The van der Waals surface area contributed by atoms with Crippen LogP contribution in [-0.2, 0) is 4.74 Å². The van der Waals surface area contributed by atoms with Crippen LogP contribution < -0.4 is 9.47 Å². The summed E-state index contributed by atoms with van der Waals surface area (Å²) in [4.78, 5) is 2.45. The van der Waals surface area contributed by atoms with E-state index in [1.807, 2.05) is 18.2 Å². The van der Waals surface area contributed by atoms with Crippen LogP contribution in [-0.4, -0.2) is 50.5 Å². The second-order valence-corrected chi connectivity index (χ2v) is 8.02. The van der Waals surface area contributed by atoms with Crippen LogP contribution in [0.1, 0.15) is 36.4 Å². The molecule has 2 heterocycles. The van der Waals surface area contributed by atoms with E-state index in [1.54, 1.807) is 20.3 Å². The molecule has 6 nitrogen and oxygen atoms in total. The van der Waals surface area contributed by atoms with Gasteiger partial charge in [-0.05, 0) is 62.7 Å². The van der Waals surface area contributed by atoms with Gasteiger partial charge in [0, 0.05) is 29.5 Å². The maximum Gasteiger partial charge on any atom is 0.170 e. The Kier molecular flexibility index (Phi) is 6.95. The van der Waals surface area contributed by atoms with E-state index in [1.165, 1.54) is 12.1 Å². The number of ether oxygens (including phenoxy) is 3. The Bertz CT molecular complexity index is 1070. The van der Waals surface area contributed by atoms with Gasteiger partial charge in [0.25, 0.3) is 0 Å². The predicted molar refractivity (Wildman–Crippen MR) is 122 cm³/mol. The van der Waals surface area contributed by atoms with E-state index in [4.69, 9.17) is 18.7 Å². The first-order valence-corrected chi connectivity index (χ1v) is 10.9. The van der Waals surface area contributed by atoms with Gasteiger partial charge in [-0.2, -0.15) is 0 Å². The minimum atomic E-state index is -0.300. The molecule has 1 fully saturated rings. The molecule has 0 radical (unpaired) electrons. The molecule has 0 aliphatic carbocycles. The molecule has 32 heavy (non-hydrogen) atoms. The van der Waals surface area contributed by atoms with Crippen LogP contribution >= 0.6 is 0 Å². The molecule has 0 amide bonds. The minimum absolute atomic E-state index is 0.300. The SMILES string of the molecule is C=C(OC)c1ccc(OCCCN2CCC(c3noc4cc(F)ccc34)CC2)c(OC)c1. The molecule has 0 spiro atoms. The lowest BCUT2D eigenvalue weighted by atomic mass is 9.91. The summed E-state index contributed by atoms with van der Waals surface area (Å²) < 4.78 is 35.3. The molecule has 0 unspecified atom stereocenters. The lowest BCUT2D eigenvalue weighted by Crippen LogP contribution is -2.34. The van der Waals surface area contributed by atoms with Gasteiger partial charge in [-0.3, -0.25) is 0 Å². The number of benzene rings is 2. The van der Waals surface area contributed by atoms with Crippen LogP contribution in [0, 0.1) is 5.82 Å². The molecule has 0 N–H and O–H groups in total. The number of methoxy groups -OCH3 is 2. The quantitative estimate of drug-likeness (QED) is 0.335. The van der Waals surface area contributed by atoms with Crippen LogP contribution in [0.3, 0.4) is 0 Å². The molecule has 0 bridgehead atoms. The van der Waals surface area contributed by atoms with Gasteiger partial charge in [0.15, 0.2) is 17.1 Å². The molecule has 4 rings (SSSR count).